The fourth-order valence-corrected chi connectivity index (χ4v) is 1.18. The SMILES string of the molecule is CC(C)(C)OCC(O)CNCc1ccco1. The fourth-order valence-electron chi connectivity index (χ4n) is 1.18. The van der Waals surface area contributed by atoms with Gasteiger partial charge in [0.1, 0.15) is 5.76 Å². The van der Waals surface area contributed by atoms with Crippen LogP contribution in [0.3, 0.4) is 0 Å². The fraction of sp³-hybridized carbons (Fsp3) is 0.667. The first-order valence-electron chi connectivity index (χ1n) is 5.52. The Morgan fingerprint density at radius 3 is 2.81 bits per heavy atom. The van der Waals surface area contributed by atoms with Gasteiger partial charge in [-0.1, -0.05) is 0 Å². The van der Waals surface area contributed by atoms with Crippen molar-refractivity contribution in [1.29, 1.82) is 0 Å². The summed E-state index contributed by atoms with van der Waals surface area (Å²) in [5.41, 5.74) is -0.206. The summed E-state index contributed by atoms with van der Waals surface area (Å²) in [6.45, 7) is 7.37. The minimum Gasteiger partial charge on any atom is -0.468 e. The lowest BCUT2D eigenvalue weighted by Crippen LogP contribution is -2.33. The Morgan fingerprint density at radius 1 is 1.50 bits per heavy atom. The molecule has 1 aromatic rings. The number of rotatable bonds is 6. The van der Waals surface area contributed by atoms with Gasteiger partial charge in [-0.05, 0) is 32.9 Å². The molecule has 4 heteroatoms. The summed E-state index contributed by atoms with van der Waals surface area (Å²) >= 11 is 0. The Balaban J connectivity index is 2.09. The molecule has 0 fully saturated rings. The average molecular weight is 227 g/mol. The monoisotopic (exact) mass is 227 g/mol. The molecule has 0 saturated heterocycles. The molecular weight excluding hydrogens is 206 g/mol. The van der Waals surface area contributed by atoms with E-state index in [0.29, 0.717) is 19.7 Å². The number of hydrogen-bond acceptors (Lipinski definition) is 4. The number of ether oxygens (including phenoxy) is 1. The topological polar surface area (TPSA) is 54.6 Å². The zero-order valence-corrected chi connectivity index (χ0v) is 10.2. The molecule has 1 rings (SSSR count). The van der Waals surface area contributed by atoms with Gasteiger partial charge in [-0.3, -0.25) is 0 Å². The summed E-state index contributed by atoms with van der Waals surface area (Å²) in [7, 11) is 0. The lowest BCUT2D eigenvalue weighted by molar-refractivity contribution is -0.0479. The zero-order valence-electron chi connectivity index (χ0n) is 10.2. The Hall–Kier alpha value is -0.840. The van der Waals surface area contributed by atoms with Crippen molar-refractivity contribution in [2.75, 3.05) is 13.2 Å². The first-order valence-corrected chi connectivity index (χ1v) is 5.52. The average Bonchev–Trinajstić information content (AvgIpc) is 2.66. The minimum atomic E-state index is -0.491. The second-order valence-electron chi connectivity index (χ2n) is 4.79. The molecule has 0 aliphatic rings. The number of aliphatic hydroxyl groups is 1. The van der Waals surface area contributed by atoms with Crippen molar-refractivity contribution < 1.29 is 14.3 Å². The van der Waals surface area contributed by atoms with E-state index in [2.05, 4.69) is 5.32 Å². The van der Waals surface area contributed by atoms with Gasteiger partial charge in [0, 0.05) is 6.54 Å². The summed E-state index contributed by atoms with van der Waals surface area (Å²) in [4.78, 5) is 0. The predicted molar refractivity (Wildman–Crippen MR) is 62.1 cm³/mol. The molecule has 16 heavy (non-hydrogen) atoms. The van der Waals surface area contributed by atoms with Gasteiger partial charge < -0.3 is 19.6 Å². The number of furan rings is 1. The molecular formula is C12H21NO3. The summed E-state index contributed by atoms with van der Waals surface area (Å²) in [5, 5.41) is 12.7. The summed E-state index contributed by atoms with van der Waals surface area (Å²) < 4.78 is 10.6. The van der Waals surface area contributed by atoms with Crippen molar-refractivity contribution in [3.63, 3.8) is 0 Å². The Bertz CT molecular complexity index is 277. The molecule has 2 N–H and O–H groups in total. The van der Waals surface area contributed by atoms with Crippen molar-refractivity contribution >= 4 is 0 Å². The highest BCUT2D eigenvalue weighted by molar-refractivity contribution is 4.97. The molecule has 0 aliphatic heterocycles. The molecule has 1 unspecified atom stereocenters. The van der Waals surface area contributed by atoms with Crippen molar-refractivity contribution in [3.8, 4) is 0 Å². The van der Waals surface area contributed by atoms with Crippen LogP contribution in [0.1, 0.15) is 26.5 Å². The van der Waals surface area contributed by atoms with E-state index in [-0.39, 0.29) is 5.60 Å². The van der Waals surface area contributed by atoms with E-state index in [1.165, 1.54) is 0 Å². The first-order chi connectivity index (χ1) is 7.47. The van der Waals surface area contributed by atoms with E-state index in [4.69, 9.17) is 9.15 Å². The van der Waals surface area contributed by atoms with Gasteiger partial charge in [0.05, 0.1) is 31.1 Å². The molecule has 0 aliphatic carbocycles. The third kappa shape index (κ3) is 5.90. The van der Waals surface area contributed by atoms with Crippen LogP contribution in [0.5, 0.6) is 0 Å². The zero-order chi connectivity index (χ0) is 12.0. The number of nitrogens with one attached hydrogen (secondary N) is 1. The largest absolute Gasteiger partial charge is 0.468 e. The van der Waals surface area contributed by atoms with Crippen LogP contribution >= 0.6 is 0 Å². The highest BCUT2D eigenvalue weighted by atomic mass is 16.5. The van der Waals surface area contributed by atoms with E-state index in [1.807, 2.05) is 32.9 Å². The number of hydrogen-bond donors (Lipinski definition) is 2. The highest BCUT2D eigenvalue weighted by Gasteiger charge is 2.13. The van der Waals surface area contributed by atoms with E-state index < -0.39 is 6.10 Å². The van der Waals surface area contributed by atoms with Crippen molar-refractivity contribution in [2.45, 2.75) is 39.0 Å². The Kier molecular flexibility index (Phi) is 4.99. The molecule has 1 heterocycles. The maximum Gasteiger partial charge on any atom is 0.117 e. The molecule has 0 aromatic carbocycles. The standard InChI is InChI=1S/C12H21NO3/c1-12(2,3)16-9-10(14)7-13-8-11-5-4-6-15-11/h4-6,10,13-14H,7-9H2,1-3H3. The molecule has 0 saturated carbocycles. The van der Waals surface area contributed by atoms with Crippen molar-refractivity contribution in [2.24, 2.45) is 0 Å². The molecule has 0 spiro atoms. The number of aliphatic hydroxyl groups excluding tert-OH is 1. The van der Waals surface area contributed by atoms with Crippen LogP contribution in [0.15, 0.2) is 22.8 Å². The van der Waals surface area contributed by atoms with Gasteiger partial charge in [0.25, 0.3) is 0 Å². The van der Waals surface area contributed by atoms with Crippen LogP contribution in [0, 0.1) is 0 Å². The first kappa shape index (κ1) is 13.2. The van der Waals surface area contributed by atoms with Gasteiger partial charge in [0.15, 0.2) is 0 Å². The molecule has 0 bridgehead atoms. The van der Waals surface area contributed by atoms with Gasteiger partial charge in [-0.15, -0.1) is 0 Å². The van der Waals surface area contributed by atoms with Gasteiger partial charge in [-0.25, -0.2) is 0 Å². The van der Waals surface area contributed by atoms with E-state index in [0.717, 1.165) is 5.76 Å². The normalized spacial score (nSPS) is 14.0. The highest BCUT2D eigenvalue weighted by Crippen LogP contribution is 2.06. The molecule has 4 nitrogen and oxygen atoms in total. The molecule has 92 valence electrons. The third-order valence-corrected chi connectivity index (χ3v) is 1.97. The van der Waals surface area contributed by atoms with Gasteiger partial charge in [-0.2, -0.15) is 0 Å². The maximum absolute atomic E-state index is 9.62. The van der Waals surface area contributed by atoms with E-state index >= 15 is 0 Å². The molecule has 0 radical (unpaired) electrons. The van der Waals surface area contributed by atoms with Crippen LogP contribution in [0.4, 0.5) is 0 Å². The van der Waals surface area contributed by atoms with Gasteiger partial charge in [0.2, 0.25) is 0 Å². The van der Waals surface area contributed by atoms with E-state index in [9.17, 15) is 5.11 Å². The second-order valence-corrected chi connectivity index (χ2v) is 4.79. The minimum absolute atomic E-state index is 0.206. The van der Waals surface area contributed by atoms with Crippen LogP contribution in [-0.2, 0) is 11.3 Å². The third-order valence-electron chi connectivity index (χ3n) is 1.97. The predicted octanol–water partition coefficient (Wildman–Crippen LogP) is 1.55. The summed E-state index contributed by atoms with van der Waals surface area (Å²) in [6.07, 6.45) is 1.14. The van der Waals surface area contributed by atoms with Crippen LogP contribution in [0.2, 0.25) is 0 Å². The van der Waals surface area contributed by atoms with Crippen molar-refractivity contribution in [1.82, 2.24) is 5.32 Å². The maximum atomic E-state index is 9.62. The summed E-state index contributed by atoms with van der Waals surface area (Å²) in [5.74, 6) is 0.865. The molecule has 0 amide bonds. The molecule has 1 aromatic heterocycles. The van der Waals surface area contributed by atoms with Crippen LogP contribution in [-0.4, -0.2) is 30.0 Å². The lowest BCUT2D eigenvalue weighted by atomic mass is 10.2. The summed E-state index contributed by atoms with van der Waals surface area (Å²) in [6, 6.07) is 3.74. The second kappa shape index (κ2) is 6.03. The smallest absolute Gasteiger partial charge is 0.117 e. The van der Waals surface area contributed by atoms with E-state index in [1.54, 1.807) is 6.26 Å². The Labute approximate surface area is 96.6 Å². The Morgan fingerprint density at radius 2 is 2.25 bits per heavy atom. The van der Waals surface area contributed by atoms with Crippen molar-refractivity contribution in [3.05, 3.63) is 24.2 Å². The quantitative estimate of drug-likeness (QED) is 0.774. The lowest BCUT2D eigenvalue weighted by Gasteiger charge is -2.22. The van der Waals surface area contributed by atoms with Gasteiger partial charge >= 0.3 is 0 Å². The molecule has 1 atom stereocenters. The van der Waals surface area contributed by atoms with Crippen LogP contribution in [0.25, 0.3) is 0 Å². The van der Waals surface area contributed by atoms with Crippen LogP contribution < -0.4 is 5.32 Å².